The monoisotopic (exact) mass is 617 g/mol. The summed E-state index contributed by atoms with van der Waals surface area (Å²) in [6, 6.07) is 20.6. The normalized spacial score (nSPS) is 12.5. The number of rotatable bonds is 11. The maximum atomic E-state index is 14.1. The highest BCUT2D eigenvalue weighted by molar-refractivity contribution is 7.92. The second-order valence-corrected chi connectivity index (χ2v) is 13.7. The second-order valence-electron chi connectivity index (χ2n) is 10.9. The minimum atomic E-state index is -3.85. The van der Waals surface area contributed by atoms with Gasteiger partial charge in [0, 0.05) is 19.5 Å². The number of amides is 2. The molecule has 0 aromatic heterocycles. The first-order chi connectivity index (χ1) is 19.2. The van der Waals surface area contributed by atoms with E-state index in [1.165, 1.54) is 4.90 Å². The Morgan fingerprint density at radius 3 is 2.07 bits per heavy atom. The van der Waals surface area contributed by atoms with Crippen molar-refractivity contribution in [1.29, 1.82) is 0 Å². The van der Waals surface area contributed by atoms with Crippen molar-refractivity contribution in [3.63, 3.8) is 0 Å². The van der Waals surface area contributed by atoms with Crippen LogP contribution in [0.2, 0.25) is 10.0 Å². The summed E-state index contributed by atoms with van der Waals surface area (Å²) in [7, 11) is -3.85. The van der Waals surface area contributed by atoms with Crippen molar-refractivity contribution in [3.05, 3.63) is 99.5 Å². The first-order valence-electron chi connectivity index (χ1n) is 13.3. The standard InChI is InChI=1S/C31H37Cl2N3O4S/c1-6-34-30(38)28(19-22-10-8-7-9-11-22)35(20-23-12-17-26(32)27(33)18-23)29(37)21-36(41(5,39)40)25-15-13-24(14-16-25)31(2,3)4/h7-18,28H,6,19-21H2,1-5H3,(H,34,38)/t28-/m1/s1. The fourth-order valence-corrected chi connectivity index (χ4v) is 5.59. The molecule has 0 bridgehead atoms. The zero-order valence-corrected chi connectivity index (χ0v) is 26.4. The third kappa shape index (κ3) is 8.96. The van der Waals surface area contributed by atoms with Crippen molar-refractivity contribution >= 4 is 50.7 Å². The number of nitrogens with zero attached hydrogens (tertiary/aromatic N) is 2. The van der Waals surface area contributed by atoms with Crippen LogP contribution >= 0.6 is 23.2 Å². The van der Waals surface area contributed by atoms with Gasteiger partial charge in [0.15, 0.2) is 0 Å². The molecule has 7 nitrogen and oxygen atoms in total. The molecule has 41 heavy (non-hydrogen) atoms. The molecule has 0 heterocycles. The van der Waals surface area contributed by atoms with Crippen molar-refractivity contribution in [2.75, 3.05) is 23.7 Å². The van der Waals surface area contributed by atoms with Crippen molar-refractivity contribution in [2.24, 2.45) is 0 Å². The summed E-state index contributed by atoms with van der Waals surface area (Å²) in [5.41, 5.74) is 2.77. The predicted molar refractivity (Wildman–Crippen MR) is 167 cm³/mol. The van der Waals surface area contributed by atoms with Crippen LogP contribution in [-0.4, -0.2) is 50.5 Å². The molecule has 0 saturated carbocycles. The Bertz CT molecular complexity index is 1460. The van der Waals surface area contributed by atoms with Gasteiger partial charge in [0.1, 0.15) is 12.6 Å². The lowest BCUT2D eigenvalue weighted by atomic mass is 9.87. The van der Waals surface area contributed by atoms with Gasteiger partial charge in [-0.1, -0.05) is 92.5 Å². The maximum Gasteiger partial charge on any atom is 0.244 e. The Kier molecular flexibility index (Phi) is 10.9. The first-order valence-corrected chi connectivity index (χ1v) is 15.9. The van der Waals surface area contributed by atoms with Crippen LogP contribution in [0.5, 0.6) is 0 Å². The smallest absolute Gasteiger partial charge is 0.244 e. The quantitative estimate of drug-likeness (QED) is 0.293. The maximum absolute atomic E-state index is 14.1. The van der Waals surface area contributed by atoms with Crippen LogP contribution < -0.4 is 9.62 Å². The fourth-order valence-electron chi connectivity index (χ4n) is 4.42. The van der Waals surface area contributed by atoms with Gasteiger partial charge in [0.2, 0.25) is 21.8 Å². The third-order valence-corrected chi connectivity index (χ3v) is 8.54. The van der Waals surface area contributed by atoms with Crippen LogP contribution in [0.1, 0.15) is 44.4 Å². The molecule has 0 aliphatic carbocycles. The molecule has 0 aliphatic rings. The Labute approximate surface area is 253 Å². The van der Waals surface area contributed by atoms with Crippen LogP contribution in [-0.2, 0) is 38.0 Å². The number of sulfonamides is 1. The van der Waals surface area contributed by atoms with Gasteiger partial charge in [0.25, 0.3) is 0 Å². The topological polar surface area (TPSA) is 86.8 Å². The second kappa shape index (κ2) is 13.7. The Balaban J connectivity index is 2.05. The minimum Gasteiger partial charge on any atom is -0.355 e. The summed E-state index contributed by atoms with van der Waals surface area (Å²) in [4.78, 5) is 28.9. The van der Waals surface area contributed by atoms with Crippen molar-refractivity contribution < 1.29 is 18.0 Å². The first kappa shape index (κ1) is 32.4. The van der Waals surface area contributed by atoms with E-state index in [0.717, 1.165) is 21.7 Å². The van der Waals surface area contributed by atoms with Crippen LogP contribution in [0.25, 0.3) is 0 Å². The molecule has 3 aromatic carbocycles. The highest BCUT2D eigenvalue weighted by atomic mass is 35.5. The van der Waals surface area contributed by atoms with Gasteiger partial charge in [0.05, 0.1) is 22.0 Å². The number of benzene rings is 3. The summed E-state index contributed by atoms with van der Waals surface area (Å²) in [5, 5.41) is 3.50. The van der Waals surface area contributed by atoms with Gasteiger partial charge < -0.3 is 10.2 Å². The molecule has 0 spiro atoms. The van der Waals surface area contributed by atoms with Gasteiger partial charge in [-0.3, -0.25) is 13.9 Å². The lowest BCUT2D eigenvalue weighted by Crippen LogP contribution is -2.53. The van der Waals surface area contributed by atoms with E-state index >= 15 is 0 Å². The average molecular weight is 619 g/mol. The number of hydrogen-bond acceptors (Lipinski definition) is 4. The van der Waals surface area contributed by atoms with Gasteiger partial charge in [-0.05, 0) is 53.3 Å². The Morgan fingerprint density at radius 1 is 0.902 bits per heavy atom. The summed E-state index contributed by atoms with van der Waals surface area (Å²) in [6.07, 6.45) is 1.30. The lowest BCUT2D eigenvalue weighted by molar-refractivity contribution is -0.140. The minimum absolute atomic E-state index is 0.0188. The molecule has 3 aromatic rings. The zero-order valence-electron chi connectivity index (χ0n) is 24.0. The molecule has 0 unspecified atom stereocenters. The molecule has 0 aliphatic heterocycles. The summed E-state index contributed by atoms with van der Waals surface area (Å²) < 4.78 is 27.0. The Hall–Kier alpha value is -3.07. The predicted octanol–water partition coefficient (Wildman–Crippen LogP) is 5.83. The van der Waals surface area contributed by atoms with Crippen LogP contribution in [0.3, 0.4) is 0 Å². The number of likely N-dealkylation sites (N-methyl/N-ethyl adjacent to an activating group) is 1. The van der Waals surface area contributed by atoms with Gasteiger partial charge in [-0.2, -0.15) is 0 Å². The van der Waals surface area contributed by atoms with E-state index in [9.17, 15) is 18.0 Å². The SMILES string of the molecule is CCNC(=O)[C@@H](Cc1ccccc1)N(Cc1ccc(Cl)c(Cl)c1)C(=O)CN(c1ccc(C(C)(C)C)cc1)S(C)(=O)=O. The Morgan fingerprint density at radius 2 is 1.54 bits per heavy atom. The van der Waals surface area contributed by atoms with E-state index in [4.69, 9.17) is 23.2 Å². The van der Waals surface area contributed by atoms with Gasteiger partial charge >= 0.3 is 0 Å². The highest BCUT2D eigenvalue weighted by Gasteiger charge is 2.33. The average Bonchev–Trinajstić information content (AvgIpc) is 2.90. The number of anilines is 1. The highest BCUT2D eigenvalue weighted by Crippen LogP contribution is 2.27. The number of hydrogen-bond donors (Lipinski definition) is 1. The molecule has 1 atom stereocenters. The number of carbonyl (C=O) groups excluding carboxylic acids is 2. The molecule has 10 heteroatoms. The molecule has 0 saturated heterocycles. The van der Waals surface area contributed by atoms with Gasteiger partial charge in [-0.25, -0.2) is 8.42 Å². The molecule has 0 radical (unpaired) electrons. The molecule has 0 fully saturated rings. The van der Waals surface area contributed by atoms with E-state index in [2.05, 4.69) is 26.1 Å². The fraction of sp³-hybridized carbons (Fsp3) is 0.355. The van der Waals surface area contributed by atoms with Crippen molar-refractivity contribution in [3.8, 4) is 0 Å². The van der Waals surface area contributed by atoms with Crippen LogP contribution in [0.15, 0.2) is 72.8 Å². The van der Waals surface area contributed by atoms with E-state index in [-0.39, 0.29) is 24.3 Å². The molecular weight excluding hydrogens is 581 g/mol. The van der Waals surface area contributed by atoms with Crippen LogP contribution in [0.4, 0.5) is 5.69 Å². The number of carbonyl (C=O) groups is 2. The number of halogens is 2. The number of nitrogens with one attached hydrogen (secondary N) is 1. The van der Waals surface area contributed by atoms with E-state index in [0.29, 0.717) is 27.8 Å². The lowest BCUT2D eigenvalue weighted by Gasteiger charge is -2.33. The third-order valence-electron chi connectivity index (χ3n) is 6.66. The molecular formula is C31H37Cl2N3O4S. The summed E-state index contributed by atoms with van der Waals surface area (Å²) >= 11 is 12.4. The summed E-state index contributed by atoms with van der Waals surface area (Å²) in [6.45, 7) is 7.90. The van der Waals surface area contributed by atoms with E-state index in [1.807, 2.05) is 42.5 Å². The van der Waals surface area contributed by atoms with Gasteiger partial charge in [-0.15, -0.1) is 0 Å². The molecule has 1 N–H and O–H groups in total. The molecule has 2 amide bonds. The van der Waals surface area contributed by atoms with Crippen LogP contribution in [0, 0.1) is 0 Å². The summed E-state index contributed by atoms with van der Waals surface area (Å²) in [5.74, 6) is -0.876. The van der Waals surface area contributed by atoms with E-state index < -0.39 is 28.5 Å². The molecule has 220 valence electrons. The molecule has 3 rings (SSSR count). The van der Waals surface area contributed by atoms with Crippen molar-refractivity contribution in [2.45, 2.75) is 52.1 Å². The zero-order chi connectivity index (χ0) is 30.4. The van der Waals surface area contributed by atoms with E-state index in [1.54, 1.807) is 37.3 Å². The van der Waals surface area contributed by atoms with Crippen molar-refractivity contribution in [1.82, 2.24) is 10.2 Å². The largest absolute Gasteiger partial charge is 0.355 e.